The zero-order valence-electron chi connectivity index (χ0n) is 16.9. The summed E-state index contributed by atoms with van der Waals surface area (Å²) >= 11 is 0. The molecule has 0 bridgehead atoms. The third-order valence-electron chi connectivity index (χ3n) is 5.68. The highest BCUT2D eigenvalue weighted by Gasteiger charge is 2.27. The molecule has 0 spiro atoms. The molecule has 0 aliphatic carbocycles. The molecule has 0 unspecified atom stereocenters. The van der Waals surface area contributed by atoms with Crippen molar-refractivity contribution < 1.29 is 9.53 Å². The molecule has 1 fully saturated rings. The number of benzene rings is 2. The normalized spacial score (nSPS) is 17.2. The van der Waals surface area contributed by atoms with Crippen LogP contribution in [0, 0.1) is 5.92 Å². The van der Waals surface area contributed by atoms with Gasteiger partial charge in [0.2, 0.25) is 5.91 Å². The summed E-state index contributed by atoms with van der Waals surface area (Å²) in [5.74, 6) is -0.0808. The van der Waals surface area contributed by atoms with Crippen molar-refractivity contribution in [1.82, 2.24) is 14.5 Å². The second-order valence-corrected chi connectivity index (χ2v) is 7.71. The highest BCUT2D eigenvalue weighted by molar-refractivity contribution is 5.82. The molecule has 156 valence electrons. The third kappa shape index (κ3) is 3.93. The van der Waals surface area contributed by atoms with Crippen LogP contribution >= 0.6 is 0 Å². The second-order valence-electron chi connectivity index (χ2n) is 7.71. The topological polar surface area (TPSA) is 82.3 Å². The fraction of sp³-hybridized carbons (Fsp3) is 0.348. The number of hydrogen-bond donors (Lipinski definition) is 1. The van der Waals surface area contributed by atoms with Crippen molar-refractivity contribution in [2.24, 2.45) is 13.0 Å². The molecule has 1 aromatic heterocycles. The second kappa shape index (κ2) is 8.67. The summed E-state index contributed by atoms with van der Waals surface area (Å²) in [7, 11) is 1.62. The molecular formula is C23H25N3O4. The number of para-hydroxylation sites is 1. The third-order valence-corrected chi connectivity index (χ3v) is 5.68. The van der Waals surface area contributed by atoms with Crippen LogP contribution in [0.5, 0.6) is 0 Å². The highest BCUT2D eigenvalue weighted by atomic mass is 16.5. The number of carbonyl (C=O) groups excluding carboxylic acids is 1. The molecule has 4 rings (SSSR count). The molecule has 1 amide bonds. The number of fused-ring (bicyclic) bond motifs is 1. The first-order chi connectivity index (χ1) is 14.6. The van der Waals surface area contributed by atoms with E-state index < -0.39 is 17.3 Å². The van der Waals surface area contributed by atoms with Crippen molar-refractivity contribution in [1.29, 1.82) is 0 Å². The molecular weight excluding hydrogens is 382 g/mol. The van der Waals surface area contributed by atoms with E-state index in [2.05, 4.69) is 5.32 Å². The molecule has 1 aliphatic rings. The van der Waals surface area contributed by atoms with E-state index in [1.165, 1.54) is 4.57 Å². The van der Waals surface area contributed by atoms with Gasteiger partial charge in [-0.1, -0.05) is 42.5 Å². The lowest BCUT2D eigenvalue weighted by molar-refractivity contribution is -0.124. The number of aryl methyl sites for hydroxylation is 1. The Hall–Kier alpha value is -3.19. The van der Waals surface area contributed by atoms with Crippen LogP contribution in [0.4, 0.5) is 0 Å². The van der Waals surface area contributed by atoms with Gasteiger partial charge in [-0.3, -0.25) is 14.2 Å². The Bertz CT molecular complexity index is 1160. The Labute approximate surface area is 173 Å². The van der Waals surface area contributed by atoms with Gasteiger partial charge in [0.1, 0.15) is 6.04 Å². The van der Waals surface area contributed by atoms with Crippen LogP contribution in [0.2, 0.25) is 0 Å². The summed E-state index contributed by atoms with van der Waals surface area (Å²) in [5, 5.41) is 3.35. The van der Waals surface area contributed by atoms with Crippen molar-refractivity contribution >= 4 is 16.8 Å². The lowest BCUT2D eigenvalue weighted by atomic mass is 10.0. The number of amides is 1. The van der Waals surface area contributed by atoms with Crippen LogP contribution < -0.4 is 16.6 Å². The fourth-order valence-corrected chi connectivity index (χ4v) is 3.95. The van der Waals surface area contributed by atoms with E-state index in [0.29, 0.717) is 30.7 Å². The summed E-state index contributed by atoms with van der Waals surface area (Å²) < 4.78 is 7.89. The number of carbonyl (C=O) groups is 1. The highest BCUT2D eigenvalue weighted by Crippen LogP contribution is 2.16. The largest absolute Gasteiger partial charge is 0.381 e. The van der Waals surface area contributed by atoms with Crippen molar-refractivity contribution in [2.45, 2.75) is 18.9 Å². The summed E-state index contributed by atoms with van der Waals surface area (Å²) in [6.45, 7) is 1.77. The Kier molecular flexibility index (Phi) is 5.81. The monoisotopic (exact) mass is 407 g/mol. The van der Waals surface area contributed by atoms with E-state index in [1.54, 1.807) is 31.3 Å². The molecule has 3 aromatic rings. The van der Waals surface area contributed by atoms with E-state index in [-0.39, 0.29) is 18.2 Å². The maximum atomic E-state index is 13.2. The smallest absolute Gasteiger partial charge is 0.331 e. The van der Waals surface area contributed by atoms with Crippen LogP contribution in [-0.4, -0.2) is 34.8 Å². The van der Waals surface area contributed by atoms with Crippen molar-refractivity contribution in [3.05, 3.63) is 81.0 Å². The van der Waals surface area contributed by atoms with Gasteiger partial charge in [0, 0.05) is 32.5 Å². The molecule has 0 saturated carbocycles. The molecule has 7 nitrogen and oxygen atoms in total. The Morgan fingerprint density at radius 3 is 2.60 bits per heavy atom. The van der Waals surface area contributed by atoms with Gasteiger partial charge >= 0.3 is 5.69 Å². The molecule has 2 aromatic carbocycles. The van der Waals surface area contributed by atoms with Crippen molar-refractivity contribution in [3.8, 4) is 0 Å². The molecule has 0 radical (unpaired) electrons. The summed E-state index contributed by atoms with van der Waals surface area (Å²) in [5.41, 5.74) is 0.475. The summed E-state index contributed by atoms with van der Waals surface area (Å²) in [6.07, 6.45) is 1.14. The Morgan fingerprint density at radius 1 is 1.13 bits per heavy atom. The minimum atomic E-state index is -0.939. The van der Waals surface area contributed by atoms with Gasteiger partial charge in [0.05, 0.1) is 17.5 Å². The van der Waals surface area contributed by atoms with Crippen LogP contribution in [-0.2, 0) is 23.0 Å². The first-order valence-corrected chi connectivity index (χ1v) is 10.2. The first-order valence-electron chi connectivity index (χ1n) is 10.2. The molecule has 1 aliphatic heterocycles. The predicted octanol–water partition coefficient (Wildman–Crippen LogP) is 1.64. The van der Waals surface area contributed by atoms with Gasteiger partial charge in [-0.05, 0) is 24.1 Å². The van der Waals surface area contributed by atoms with Crippen molar-refractivity contribution in [3.63, 3.8) is 0 Å². The van der Waals surface area contributed by atoms with Gasteiger partial charge in [-0.25, -0.2) is 9.36 Å². The van der Waals surface area contributed by atoms with E-state index >= 15 is 0 Å². The molecule has 1 N–H and O–H groups in total. The Balaban J connectivity index is 1.76. The van der Waals surface area contributed by atoms with E-state index in [4.69, 9.17) is 4.74 Å². The zero-order chi connectivity index (χ0) is 21.1. The van der Waals surface area contributed by atoms with Gasteiger partial charge in [-0.2, -0.15) is 0 Å². The maximum Gasteiger partial charge on any atom is 0.331 e. The number of ether oxygens (including phenoxy) is 1. The van der Waals surface area contributed by atoms with Crippen LogP contribution in [0.15, 0.2) is 64.2 Å². The predicted molar refractivity (Wildman–Crippen MR) is 115 cm³/mol. The van der Waals surface area contributed by atoms with Crippen LogP contribution in [0.3, 0.4) is 0 Å². The number of hydrogen-bond acceptors (Lipinski definition) is 4. The minimum absolute atomic E-state index is 0.251. The van der Waals surface area contributed by atoms with Crippen LogP contribution in [0.1, 0.15) is 18.0 Å². The van der Waals surface area contributed by atoms with Crippen molar-refractivity contribution in [2.75, 3.05) is 19.8 Å². The average Bonchev–Trinajstić information content (AvgIpc) is 3.30. The zero-order valence-corrected chi connectivity index (χ0v) is 16.9. The molecule has 2 heterocycles. The van der Waals surface area contributed by atoms with Gasteiger partial charge in [-0.15, -0.1) is 0 Å². The SMILES string of the molecule is Cn1c(=O)n([C@@H](Cc2ccccc2)C(=O)NC[C@@H]2CCOC2)c(=O)c2ccccc21. The number of rotatable bonds is 6. The standard InChI is InChI=1S/C23H25N3O4/c1-25-19-10-6-5-9-18(19)22(28)26(23(25)29)20(13-16-7-3-2-4-8-16)21(27)24-14-17-11-12-30-15-17/h2-10,17,20H,11-15H2,1H3,(H,24,27)/t17-,20-/m0/s1. The molecule has 1 saturated heterocycles. The van der Waals surface area contributed by atoms with E-state index in [1.807, 2.05) is 30.3 Å². The fourth-order valence-electron chi connectivity index (χ4n) is 3.95. The van der Waals surface area contributed by atoms with E-state index in [0.717, 1.165) is 16.6 Å². The first kappa shape index (κ1) is 20.1. The van der Waals surface area contributed by atoms with E-state index in [9.17, 15) is 14.4 Å². The molecule has 7 heteroatoms. The average molecular weight is 407 g/mol. The number of aromatic nitrogens is 2. The molecule has 30 heavy (non-hydrogen) atoms. The minimum Gasteiger partial charge on any atom is -0.381 e. The van der Waals surface area contributed by atoms with Gasteiger partial charge in [0.25, 0.3) is 5.56 Å². The lowest BCUT2D eigenvalue weighted by Crippen LogP contribution is -2.48. The number of nitrogens with zero attached hydrogens (tertiary/aromatic N) is 2. The van der Waals surface area contributed by atoms with Gasteiger partial charge < -0.3 is 10.1 Å². The summed E-state index contributed by atoms with van der Waals surface area (Å²) in [4.78, 5) is 39.6. The lowest BCUT2D eigenvalue weighted by Gasteiger charge is -2.21. The maximum absolute atomic E-state index is 13.2. The van der Waals surface area contributed by atoms with Crippen LogP contribution in [0.25, 0.3) is 10.9 Å². The molecule has 2 atom stereocenters. The van der Waals surface area contributed by atoms with Gasteiger partial charge in [0.15, 0.2) is 0 Å². The quantitative estimate of drug-likeness (QED) is 0.674. The number of nitrogens with one attached hydrogen (secondary N) is 1. The Morgan fingerprint density at radius 2 is 1.87 bits per heavy atom. The summed E-state index contributed by atoms with van der Waals surface area (Å²) in [6, 6.07) is 15.4.